The molecule has 1 aliphatic heterocycles. The van der Waals surface area contributed by atoms with Gasteiger partial charge in [-0.1, -0.05) is 15.9 Å². The first-order valence-corrected chi connectivity index (χ1v) is 3.32. The molecule has 0 aliphatic carbocycles. The van der Waals surface area contributed by atoms with E-state index in [9.17, 15) is 0 Å². The summed E-state index contributed by atoms with van der Waals surface area (Å²) in [4.78, 5) is 0. The van der Waals surface area contributed by atoms with E-state index >= 15 is 0 Å². The van der Waals surface area contributed by atoms with E-state index in [4.69, 9.17) is 4.74 Å². The first-order chi connectivity index (χ1) is 3.89. The SMILES string of the molecule is BrC1=CCOCNC1. The van der Waals surface area contributed by atoms with Crippen LogP contribution in [-0.4, -0.2) is 19.9 Å². The lowest BCUT2D eigenvalue weighted by Gasteiger charge is -1.95. The summed E-state index contributed by atoms with van der Waals surface area (Å²) in [5.74, 6) is 0. The molecule has 0 saturated carbocycles. The highest BCUT2D eigenvalue weighted by molar-refractivity contribution is 9.11. The van der Waals surface area contributed by atoms with E-state index in [1.165, 1.54) is 4.48 Å². The lowest BCUT2D eigenvalue weighted by molar-refractivity contribution is 0.150. The molecule has 0 aromatic rings. The standard InChI is InChI=1S/C5H8BrNO/c6-5-1-2-8-4-7-3-5/h1,7H,2-4H2. The van der Waals surface area contributed by atoms with E-state index in [0.717, 1.165) is 6.54 Å². The van der Waals surface area contributed by atoms with Gasteiger partial charge in [-0.15, -0.1) is 0 Å². The van der Waals surface area contributed by atoms with Gasteiger partial charge < -0.3 is 4.74 Å². The maximum atomic E-state index is 5.05. The zero-order valence-electron chi connectivity index (χ0n) is 4.48. The number of hydrogen-bond acceptors (Lipinski definition) is 2. The minimum atomic E-state index is 0.658. The molecular formula is C5H8BrNO. The topological polar surface area (TPSA) is 21.3 Å². The van der Waals surface area contributed by atoms with E-state index in [1.807, 2.05) is 6.08 Å². The highest BCUT2D eigenvalue weighted by atomic mass is 79.9. The van der Waals surface area contributed by atoms with Crippen LogP contribution in [0, 0.1) is 0 Å². The second kappa shape index (κ2) is 3.22. The molecule has 1 aliphatic rings. The van der Waals surface area contributed by atoms with Crippen molar-refractivity contribution in [1.82, 2.24) is 5.32 Å². The van der Waals surface area contributed by atoms with Gasteiger partial charge in [0.1, 0.15) is 0 Å². The Morgan fingerprint density at radius 1 is 1.75 bits per heavy atom. The fourth-order valence-electron chi connectivity index (χ4n) is 0.523. The molecule has 8 heavy (non-hydrogen) atoms. The summed E-state index contributed by atoms with van der Waals surface area (Å²) in [5, 5.41) is 3.06. The minimum absolute atomic E-state index is 0.658. The van der Waals surface area contributed by atoms with E-state index < -0.39 is 0 Å². The predicted octanol–water partition coefficient (Wildman–Crippen LogP) is 0.842. The van der Waals surface area contributed by atoms with E-state index in [2.05, 4.69) is 21.2 Å². The number of rotatable bonds is 0. The minimum Gasteiger partial charge on any atom is -0.362 e. The Bertz CT molecular complexity index is 103. The summed E-state index contributed by atoms with van der Waals surface area (Å²) in [7, 11) is 0. The molecule has 46 valence electrons. The van der Waals surface area contributed by atoms with Crippen molar-refractivity contribution < 1.29 is 4.74 Å². The highest BCUT2D eigenvalue weighted by Gasteiger charge is 1.94. The van der Waals surface area contributed by atoms with Crippen LogP contribution in [0.3, 0.4) is 0 Å². The monoisotopic (exact) mass is 177 g/mol. The van der Waals surface area contributed by atoms with Gasteiger partial charge in [0.05, 0.1) is 13.3 Å². The Morgan fingerprint density at radius 3 is 3.50 bits per heavy atom. The van der Waals surface area contributed by atoms with E-state index in [-0.39, 0.29) is 0 Å². The Balaban J connectivity index is 2.36. The van der Waals surface area contributed by atoms with Crippen molar-refractivity contribution in [3.63, 3.8) is 0 Å². The van der Waals surface area contributed by atoms with Crippen molar-refractivity contribution >= 4 is 15.9 Å². The van der Waals surface area contributed by atoms with Crippen LogP contribution >= 0.6 is 15.9 Å². The van der Waals surface area contributed by atoms with Crippen molar-refractivity contribution in [3.8, 4) is 0 Å². The summed E-state index contributed by atoms with van der Waals surface area (Å²) >= 11 is 3.36. The summed E-state index contributed by atoms with van der Waals surface area (Å²) in [6.07, 6.45) is 2.01. The summed E-state index contributed by atoms with van der Waals surface area (Å²) in [5.41, 5.74) is 0. The van der Waals surface area contributed by atoms with Crippen LogP contribution in [-0.2, 0) is 4.74 Å². The molecule has 0 aromatic heterocycles. The van der Waals surface area contributed by atoms with Crippen LogP contribution in [0.4, 0.5) is 0 Å². The zero-order valence-corrected chi connectivity index (χ0v) is 6.07. The fraction of sp³-hybridized carbons (Fsp3) is 0.600. The Morgan fingerprint density at radius 2 is 2.62 bits per heavy atom. The van der Waals surface area contributed by atoms with Gasteiger partial charge in [0.25, 0.3) is 0 Å². The van der Waals surface area contributed by atoms with Crippen molar-refractivity contribution in [2.75, 3.05) is 19.9 Å². The summed E-state index contributed by atoms with van der Waals surface area (Å²) < 4.78 is 6.22. The average molecular weight is 178 g/mol. The maximum Gasteiger partial charge on any atom is 0.0972 e. The number of hydrogen-bond donors (Lipinski definition) is 1. The highest BCUT2D eigenvalue weighted by Crippen LogP contribution is 2.03. The van der Waals surface area contributed by atoms with Crippen molar-refractivity contribution in [3.05, 3.63) is 10.6 Å². The third-order valence-corrected chi connectivity index (χ3v) is 1.52. The van der Waals surface area contributed by atoms with Crippen LogP contribution in [0.1, 0.15) is 0 Å². The molecule has 1 N–H and O–H groups in total. The first-order valence-electron chi connectivity index (χ1n) is 2.52. The zero-order chi connectivity index (χ0) is 5.82. The Kier molecular flexibility index (Phi) is 2.52. The smallest absolute Gasteiger partial charge is 0.0972 e. The molecule has 0 saturated heterocycles. The average Bonchev–Trinajstić information content (AvgIpc) is 1.94. The van der Waals surface area contributed by atoms with E-state index in [1.54, 1.807) is 0 Å². The molecule has 0 amide bonds. The van der Waals surface area contributed by atoms with Crippen LogP contribution in [0.25, 0.3) is 0 Å². The van der Waals surface area contributed by atoms with Gasteiger partial charge >= 0.3 is 0 Å². The first kappa shape index (κ1) is 6.26. The number of ether oxygens (including phenoxy) is 1. The van der Waals surface area contributed by atoms with Gasteiger partial charge in [0, 0.05) is 11.0 Å². The predicted molar refractivity (Wildman–Crippen MR) is 35.8 cm³/mol. The lowest BCUT2D eigenvalue weighted by atomic mass is 10.5. The molecule has 0 bridgehead atoms. The Labute approximate surface area is 57.0 Å². The summed E-state index contributed by atoms with van der Waals surface area (Å²) in [6.45, 7) is 2.26. The van der Waals surface area contributed by atoms with Crippen LogP contribution in [0.15, 0.2) is 10.6 Å². The second-order valence-corrected chi connectivity index (χ2v) is 2.61. The van der Waals surface area contributed by atoms with Gasteiger partial charge in [-0.3, -0.25) is 5.32 Å². The molecule has 0 atom stereocenters. The van der Waals surface area contributed by atoms with Gasteiger partial charge in [-0.2, -0.15) is 0 Å². The molecule has 2 nitrogen and oxygen atoms in total. The Hall–Kier alpha value is 0.140. The quantitative estimate of drug-likeness (QED) is 0.593. The molecule has 3 heteroatoms. The van der Waals surface area contributed by atoms with Gasteiger partial charge in [-0.05, 0) is 6.08 Å². The van der Waals surface area contributed by atoms with Gasteiger partial charge in [-0.25, -0.2) is 0 Å². The summed E-state index contributed by atoms with van der Waals surface area (Å²) in [6, 6.07) is 0. The maximum absolute atomic E-state index is 5.05. The van der Waals surface area contributed by atoms with Crippen molar-refractivity contribution in [2.45, 2.75) is 0 Å². The third-order valence-electron chi connectivity index (χ3n) is 0.921. The van der Waals surface area contributed by atoms with Crippen LogP contribution in [0.2, 0.25) is 0 Å². The fourth-order valence-corrected chi connectivity index (χ4v) is 0.853. The van der Waals surface area contributed by atoms with Gasteiger partial charge in [0.15, 0.2) is 0 Å². The molecule has 1 heterocycles. The molecule has 1 rings (SSSR count). The lowest BCUT2D eigenvalue weighted by Crippen LogP contribution is -2.16. The van der Waals surface area contributed by atoms with Crippen LogP contribution < -0.4 is 5.32 Å². The number of nitrogens with one attached hydrogen (secondary N) is 1. The largest absolute Gasteiger partial charge is 0.362 e. The third kappa shape index (κ3) is 1.94. The molecule has 0 aromatic carbocycles. The molecular weight excluding hydrogens is 170 g/mol. The molecule has 0 radical (unpaired) electrons. The number of halogens is 1. The molecule has 0 unspecified atom stereocenters. The van der Waals surface area contributed by atoms with Gasteiger partial charge in [0.2, 0.25) is 0 Å². The normalized spacial score (nSPS) is 21.9. The second-order valence-electron chi connectivity index (χ2n) is 1.59. The van der Waals surface area contributed by atoms with Crippen molar-refractivity contribution in [1.29, 1.82) is 0 Å². The van der Waals surface area contributed by atoms with Crippen LogP contribution in [0.5, 0.6) is 0 Å². The van der Waals surface area contributed by atoms with E-state index in [0.29, 0.717) is 13.3 Å². The van der Waals surface area contributed by atoms with Crippen molar-refractivity contribution in [2.24, 2.45) is 0 Å². The molecule has 0 spiro atoms. The molecule has 0 fully saturated rings.